The molecule has 0 saturated carbocycles. The van der Waals surface area contributed by atoms with Crippen LogP contribution in [0.4, 0.5) is 0 Å². The van der Waals surface area contributed by atoms with Crippen LogP contribution in [0.1, 0.15) is 41.1 Å². The fourth-order valence-electron chi connectivity index (χ4n) is 2.63. The maximum Gasteiger partial charge on any atom is 0.325 e. The number of nitrogens with two attached hydrogens (primary N) is 1. The number of aryl methyl sites for hydroxylation is 1. The molecule has 1 unspecified atom stereocenters. The molecule has 4 nitrogen and oxygen atoms in total. The van der Waals surface area contributed by atoms with Crippen molar-refractivity contribution in [2.45, 2.75) is 38.6 Å². The zero-order chi connectivity index (χ0) is 12.6. The summed E-state index contributed by atoms with van der Waals surface area (Å²) < 4.78 is 0. The molecule has 0 heterocycles. The van der Waals surface area contributed by atoms with Crippen LogP contribution in [0, 0.1) is 6.92 Å². The number of benzene rings is 1. The van der Waals surface area contributed by atoms with Gasteiger partial charge < -0.3 is 15.9 Å². The summed E-state index contributed by atoms with van der Waals surface area (Å²) in [6.07, 6.45) is 3.89. The highest BCUT2D eigenvalue weighted by atomic mass is 16.4. The van der Waals surface area contributed by atoms with Crippen LogP contribution in [-0.4, -0.2) is 16.2 Å². The second-order valence-corrected chi connectivity index (χ2v) is 4.61. The topological polar surface area (TPSA) is 83.5 Å². The van der Waals surface area contributed by atoms with Crippen molar-refractivity contribution < 1.29 is 15.0 Å². The van der Waals surface area contributed by atoms with Crippen molar-refractivity contribution in [3.8, 4) is 5.75 Å². The van der Waals surface area contributed by atoms with E-state index in [4.69, 9.17) is 10.8 Å². The fraction of sp³-hybridized carbons (Fsp3) is 0.462. The number of carbonyl (C=O) groups is 1. The van der Waals surface area contributed by atoms with Gasteiger partial charge in [0, 0.05) is 5.56 Å². The molecular formula is C13H17NO3. The summed E-state index contributed by atoms with van der Waals surface area (Å²) in [6.45, 7) is 1.94. The average molecular weight is 235 g/mol. The molecule has 0 amide bonds. The third-order valence-electron chi connectivity index (χ3n) is 3.48. The smallest absolute Gasteiger partial charge is 0.325 e. The third kappa shape index (κ3) is 2.00. The Labute approximate surface area is 100 Å². The molecule has 0 spiro atoms. The monoisotopic (exact) mass is 235 g/mol. The van der Waals surface area contributed by atoms with Gasteiger partial charge >= 0.3 is 5.97 Å². The third-order valence-corrected chi connectivity index (χ3v) is 3.48. The molecule has 1 aromatic carbocycles. The number of hydrogen-bond acceptors (Lipinski definition) is 3. The first kappa shape index (κ1) is 11.9. The Bertz CT molecular complexity index is 468. The first-order valence-electron chi connectivity index (χ1n) is 5.85. The van der Waals surface area contributed by atoms with Crippen molar-refractivity contribution in [3.63, 3.8) is 0 Å². The van der Waals surface area contributed by atoms with Crippen molar-refractivity contribution in [3.05, 3.63) is 28.3 Å². The van der Waals surface area contributed by atoms with Crippen LogP contribution < -0.4 is 5.73 Å². The number of phenolic OH excluding ortho intramolecular Hbond substituents is 1. The van der Waals surface area contributed by atoms with Gasteiger partial charge in [-0.1, -0.05) is 0 Å². The lowest BCUT2D eigenvalue weighted by Gasteiger charge is -2.24. The van der Waals surface area contributed by atoms with E-state index >= 15 is 0 Å². The van der Waals surface area contributed by atoms with Crippen LogP contribution in [-0.2, 0) is 17.6 Å². The molecule has 17 heavy (non-hydrogen) atoms. The normalized spacial score (nSPS) is 16.4. The minimum atomic E-state index is -1.14. The summed E-state index contributed by atoms with van der Waals surface area (Å²) in [5, 5.41) is 18.9. The van der Waals surface area contributed by atoms with Gasteiger partial charge in [0.15, 0.2) is 0 Å². The van der Waals surface area contributed by atoms with E-state index in [1.165, 1.54) is 5.56 Å². The van der Waals surface area contributed by atoms with Gasteiger partial charge in [-0.2, -0.15) is 0 Å². The van der Waals surface area contributed by atoms with Crippen LogP contribution in [0.15, 0.2) is 6.07 Å². The van der Waals surface area contributed by atoms with E-state index < -0.39 is 12.0 Å². The van der Waals surface area contributed by atoms with Crippen molar-refractivity contribution in [1.29, 1.82) is 0 Å². The SMILES string of the molecule is Cc1cc(O)c(C(N)C(=O)O)c2c1CCCC2. The Morgan fingerprint density at radius 3 is 2.53 bits per heavy atom. The minimum absolute atomic E-state index is 0.0121. The fourth-order valence-corrected chi connectivity index (χ4v) is 2.63. The minimum Gasteiger partial charge on any atom is -0.508 e. The number of aromatic hydroxyl groups is 1. The number of carboxylic acid groups (broad SMARTS) is 1. The molecule has 0 aliphatic heterocycles. The van der Waals surface area contributed by atoms with Crippen LogP contribution >= 0.6 is 0 Å². The molecule has 0 aromatic heterocycles. The second kappa shape index (κ2) is 4.37. The number of fused-ring (bicyclic) bond motifs is 1. The predicted molar refractivity (Wildman–Crippen MR) is 64.1 cm³/mol. The van der Waals surface area contributed by atoms with E-state index in [9.17, 15) is 9.90 Å². The molecule has 1 aromatic rings. The van der Waals surface area contributed by atoms with Gasteiger partial charge in [0.05, 0.1) is 0 Å². The number of rotatable bonds is 2. The summed E-state index contributed by atoms with van der Waals surface area (Å²) in [5.74, 6) is -1.09. The Morgan fingerprint density at radius 2 is 1.94 bits per heavy atom. The molecule has 0 fully saturated rings. The van der Waals surface area contributed by atoms with E-state index in [0.29, 0.717) is 5.56 Å². The van der Waals surface area contributed by atoms with Crippen molar-refractivity contribution in [1.82, 2.24) is 0 Å². The molecule has 4 heteroatoms. The van der Waals surface area contributed by atoms with Gasteiger partial charge in [0.2, 0.25) is 0 Å². The Morgan fingerprint density at radius 1 is 1.35 bits per heavy atom. The summed E-state index contributed by atoms with van der Waals surface area (Å²) in [7, 11) is 0. The van der Waals surface area contributed by atoms with Gasteiger partial charge in [-0.25, -0.2) is 0 Å². The molecule has 1 atom stereocenters. The molecule has 1 aliphatic rings. The Hall–Kier alpha value is -1.55. The molecule has 4 N–H and O–H groups in total. The average Bonchev–Trinajstić information content (AvgIpc) is 2.28. The highest BCUT2D eigenvalue weighted by Gasteiger charge is 2.26. The summed E-state index contributed by atoms with van der Waals surface area (Å²) in [4.78, 5) is 11.0. The molecule has 0 radical (unpaired) electrons. The molecule has 2 rings (SSSR count). The molecule has 0 saturated heterocycles. The first-order chi connectivity index (χ1) is 8.02. The summed E-state index contributed by atoms with van der Waals surface area (Å²) in [5.41, 5.74) is 9.20. The summed E-state index contributed by atoms with van der Waals surface area (Å²) >= 11 is 0. The molecule has 92 valence electrons. The number of phenols is 1. The van der Waals surface area contributed by atoms with E-state index in [-0.39, 0.29) is 5.75 Å². The number of carboxylic acids is 1. The van der Waals surface area contributed by atoms with Crippen molar-refractivity contribution in [2.75, 3.05) is 0 Å². The van der Waals surface area contributed by atoms with Gasteiger partial charge in [0.25, 0.3) is 0 Å². The van der Waals surface area contributed by atoms with Crippen LogP contribution in [0.5, 0.6) is 5.75 Å². The molecular weight excluding hydrogens is 218 g/mol. The molecule has 0 bridgehead atoms. The zero-order valence-electron chi connectivity index (χ0n) is 9.86. The maximum atomic E-state index is 11.0. The van der Waals surface area contributed by atoms with Crippen LogP contribution in [0.3, 0.4) is 0 Å². The highest BCUT2D eigenvalue weighted by molar-refractivity contribution is 5.77. The molecule has 1 aliphatic carbocycles. The first-order valence-corrected chi connectivity index (χ1v) is 5.85. The number of aliphatic carboxylic acids is 1. The quantitative estimate of drug-likeness (QED) is 0.728. The standard InChI is InChI=1S/C13H17NO3/c1-7-6-10(15)11(12(14)13(16)17)9-5-3-2-4-8(7)9/h6,12,15H,2-5,14H2,1H3,(H,16,17). The van der Waals surface area contributed by atoms with E-state index in [2.05, 4.69) is 0 Å². The lowest BCUT2D eigenvalue weighted by Crippen LogP contribution is -2.24. The highest BCUT2D eigenvalue weighted by Crippen LogP contribution is 2.36. The van der Waals surface area contributed by atoms with Gasteiger partial charge in [-0.05, 0) is 55.4 Å². The van der Waals surface area contributed by atoms with Crippen LogP contribution in [0.2, 0.25) is 0 Å². The lowest BCUT2D eigenvalue weighted by atomic mass is 9.83. The number of hydrogen-bond donors (Lipinski definition) is 3. The van der Waals surface area contributed by atoms with Crippen LogP contribution in [0.25, 0.3) is 0 Å². The maximum absolute atomic E-state index is 11.0. The Balaban J connectivity index is 2.61. The zero-order valence-corrected chi connectivity index (χ0v) is 9.86. The summed E-state index contributed by atoms with van der Waals surface area (Å²) in [6, 6.07) is 0.491. The van der Waals surface area contributed by atoms with Gasteiger partial charge in [-0.15, -0.1) is 0 Å². The van der Waals surface area contributed by atoms with E-state index in [0.717, 1.165) is 36.8 Å². The second-order valence-electron chi connectivity index (χ2n) is 4.61. The lowest BCUT2D eigenvalue weighted by molar-refractivity contribution is -0.138. The predicted octanol–water partition coefficient (Wildman–Crippen LogP) is 1.66. The van der Waals surface area contributed by atoms with Gasteiger partial charge in [-0.3, -0.25) is 4.79 Å². The Kier molecular flexibility index (Phi) is 3.07. The largest absolute Gasteiger partial charge is 0.508 e. The van der Waals surface area contributed by atoms with Gasteiger partial charge in [0.1, 0.15) is 11.8 Å². The van der Waals surface area contributed by atoms with Crippen molar-refractivity contribution in [2.24, 2.45) is 5.73 Å². The van der Waals surface area contributed by atoms with Crippen molar-refractivity contribution >= 4 is 5.97 Å². The van der Waals surface area contributed by atoms with E-state index in [1.807, 2.05) is 6.92 Å². The van der Waals surface area contributed by atoms with E-state index in [1.54, 1.807) is 6.07 Å².